The van der Waals surface area contributed by atoms with Gasteiger partial charge in [-0.05, 0) is 55.7 Å². The molecule has 2 rings (SSSR count). The third-order valence-electron chi connectivity index (χ3n) is 3.84. The Hall–Kier alpha value is -1.79. The number of carbonyl (C=O) groups is 1. The topological polar surface area (TPSA) is 54.5 Å². The number of nitrogens with one attached hydrogen (secondary N) is 1. The number of amides is 2. The highest BCUT2D eigenvalue weighted by Gasteiger charge is 2.10. The lowest BCUT2D eigenvalue weighted by molar-refractivity contribution is 0.200. The van der Waals surface area contributed by atoms with Crippen molar-refractivity contribution in [2.75, 3.05) is 26.2 Å². The number of likely N-dealkylation sites (N-methyl/N-ethyl adjacent to an activating group) is 1. The second-order valence-corrected chi connectivity index (χ2v) is 7.02. The molecular formula is C19H23BrClN3O2. The monoisotopic (exact) mass is 439 g/mol. The number of benzene rings is 1. The van der Waals surface area contributed by atoms with Crippen LogP contribution in [0, 0.1) is 0 Å². The lowest BCUT2D eigenvalue weighted by atomic mass is 10.2. The van der Waals surface area contributed by atoms with Crippen molar-refractivity contribution in [3.63, 3.8) is 0 Å². The first-order chi connectivity index (χ1) is 12.6. The number of carbonyl (C=O) groups excluding carboxylic acids is 1. The normalized spacial score (nSPS) is 10.4. The average molecular weight is 441 g/mol. The van der Waals surface area contributed by atoms with E-state index in [1.807, 2.05) is 31.2 Å². The molecule has 26 heavy (non-hydrogen) atoms. The number of urea groups is 1. The first-order valence-electron chi connectivity index (χ1n) is 8.59. The third kappa shape index (κ3) is 6.84. The van der Waals surface area contributed by atoms with Crippen LogP contribution < -0.4 is 10.1 Å². The fourth-order valence-electron chi connectivity index (χ4n) is 2.37. The van der Waals surface area contributed by atoms with E-state index < -0.39 is 0 Å². The molecule has 7 heteroatoms. The maximum Gasteiger partial charge on any atom is 0.317 e. The van der Waals surface area contributed by atoms with Crippen LogP contribution in [0.2, 0.25) is 5.02 Å². The van der Waals surface area contributed by atoms with Crippen molar-refractivity contribution in [2.45, 2.75) is 19.8 Å². The van der Waals surface area contributed by atoms with Crippen LogP contribution in [0.15, 0.2) is 47.2 Å². The Balaban J connectivity index is 1.66. The fourth-order valence-corrected chi connectivity index (χ4v) is 3.10. The molecule has 1 N–H and O–H groups in total. The van der Waals surface area contributed by atoms with Crippen LogP contribution in [-0.2, 0) is 6.42 Å². The van der Waals surface area contributed by atoms with Crippen LogP contribution >= 0.6 is 27.5 Å². The lowest BCUT2D eigenvalue weighted by Crippen LogP contribution is -2.41. The van der Waals surface area contributed by atoms with Gasteiger partial charge in [-0.25, -0.2) is 4.79 Å². The Labute approximate surface area is 167 Å². The molecular weight excluding hydrogens is 418 g/mol. The Morgan fingerprint density at radius 3 is 2.77 bits per heavy atom. The average Bonchev–Trinajstić information content (AvgIpc) is 2.64. The summed E-state index contributed by atoms with van der Waals surface area (Å²) in [6, 6.07) is 9.38. The van der Waals surface area contributed by atoms with Gasteiger partial charge in [-0.3, -0.25) is 4.98 Å². The molecule has 2 amide bonds. The van der Waals surface area contributed by atoms with Crippen molar-refractivity contribution in [1.82, 2.24) is 15.2 Å². The molecule has 0 unspecified atom stereocenters. The molecule has 0 saturated carbocycles. The summed E-state index contributed by atoms with van der Waals surface area (Å²) in [4.78, 5) is 18.1. The van der Waals surface area contributed by atoms with Gasteiger partial charge in [0.25, 0.3) is 0 Å². The SMILES string of the molecule is CCN(CCc1ccncc1)C(=O)NCCCOc1ccc(Br)cc1Cl. The van der Waals surface area contributed by atoms with E-state index in [1.54, 1.807) is 23.4 Å². The number of pyridine rings is 1. The van der Waals surface area contributed by atoms with Gasteiger partial charge in [-0.15, -0.1) is 0 Å². The van der Waals surface area contributed by atoms with Crippen LogP contribution in [-0.4, -0.2) is 42.2 Å². The summed E-state index contributed by atoms with van der Waals surface area (Å²) in [5.74, 6) is 0.647. The molecule has 0 radical (unpaired) electrons. The number of hydrogen-bond acceptors (Lipinski definition) is 3. The predicted octanol–water partition coefficient (Wildman–Crippen LogP) is 4.54. The zero-order chi connectivity index (χ0) is 18.8. The van der Waals surface area contributed by atoms with Gasteiger partial charge in [0, 0.05) is 36.5 Å². The van der Waals surface area contributed by atoms with Crippen molar-refractivity contribution >= 4 is 33.6 Å². The third-order valence-corrected chi connectivity index (χ3v) is 4.63. The van der Waals surface area contributed by atoms with E-state index in [-0.39, 0.29) is 6.03 Å². The summed E-state index contributed by atoms with van der Waals surface area (Å²) in [5.41, 5.74) is 1.17. The molecule has 1 heterocycles. The molecule has 2 aromatic rings. The van der Waals surface area contributed by atoms with Gasteiger partial charge in [0.15, 0.2) is 0 Å². The number of rotatable bonds is 9. The van der Waals surface area contributed by atoms with Crippen LogP contribution in [0.3, 0.4) is 0 Å². The van der Waals surface area contributed by atoms with Gasteiger partial charge < -0.3 is 15.0 Å². The van der Waals surface area contributed by atoms with Crippen molar-refractivity contribution in [3.05, 3.63) is 57.8 Å². The molecule has 0 aliphatic rings. The zero-order valence-corrected chi connectivity index (χ0v) is 17.1. The summed E-state index contributed by atoms with van der Waals surface area (Å²) in [6.07, 6.45) is 5.06. The van der Waals surface area contributed by atoms with Crippen LogP contribution in [0.25, 0.3) is 0 Å². The van der Waals surface area contributed by atoms with Gasteiger partial charge in [-0.2, -0.15) is 0 Å². The Morgan fingerprint density at radius 1 is 1.31 bits per heavy atom. The smallest absolute Gasteiger partial charge is 0.317 e. The van der Waals surface area contributed by atoms with Crippen LogP contribution in [0.1, 0.15) is 18.9 Å². The Morgan fingerprint density at radius 2 is 2.08 bits per heavy atom. The highest BCUT2D eigenvalue weighted by molar-refractivity contribution is 9.10. The number of aromatic nitrogens is 1. The number of nitrogens with zero attached hydrogens (tertiary/aromatic N) is 2. The second-order valence-electron chi connectivity index (χ2n) is 5.69. The highest BCUT2D eigenvalue weighted by Crippen LogP contribution is 2.27. The minimum Gasteiger partial charge on any atom is -0.492 e. The summed E-state index contributed by atoms with van der Waals surface area (Å²) in [6.45, 7) is 4.37. The van der Waals surface area contributed by atoms with Crippen molar-refractivity contribution in [2.24, 2.45) is 0 Å². The molecule has 0 saturated heterocycles. The van der Waals surface area contributed by atoms with Crippen LogP contribution in [0.5, 0.6) is 5.75 Å². The van der Waals surface area contributed by atoms with Gasteiger partial charge in [0.1, 0.15) is 5.75 Å². The minimum absolute atomic E-state index is 0.0526. The van der Waals surface area contributed by atoms with Crippen molar-refractivity contribution in [3.8, 4) is 5.75 Å². The molecule has 0 bridgehead atoms. The number of hydrogen-bond donors (Lipinski definition) is 1. The van der Waals surface area contributed by atoms with E-state index in [2.05, 4.69) is 26.2 Å². The molecule has 140 valence electrons. The Kier molecular flexibility index (Phi) is 8.71. The molecule has 0 aliphatic carbocycles. The first kappa shape index (κ1) is 20.5. The van der Waals surface area contributed by atoms with Crippen molar-refractivity contribution < 1.29 is 9.53 Å². The lowest BCUT2D eigenvalue weighted by Gasteiger charge is -2.21. The van der Waals surface area contributed by atoms with Gasteiger partial charge in [-0.1, -0.05) is 27.5 Å². The zero-order valence-electron chi connectivity index (χ0n) is 14.8. The molecule has 5 nitrogen and oxygen atoms in total. The predicted molar refractivity (Wildman–Crippen MR) is 108 cm³/mol. The molecule has 0 fully saturated rings. The molecule has 1 aromatic heterocycles. The van der Waals surface area contributed by atoms with Gasteiger partial charge in [0.2, 0.25) is 0 Å². The highest BCUT2D eigenvalue weighted by atomic mass is 79.9. The maximum atomic E-state index is 12.3. The van der Waals surface area contributed by atoms with E-state index >= 15 is 0 Å². The van der Waals surface area contributed by atoms with E-state index in [1.165, 1.54) is 5.56 Å². The maximum absolute atomic E-state index is 12.3. The van der Waals surface area contributed by atoms with E-state index in [0.717, 1.165) is 10.9 Å². The quantitative estimate of drug-likeness (QED) is 0.582. The summed E-state index contributed by atoms with van der Waals surface area (Å²) < 4.78 is 6.55. The van der Waals surface area contributed by atoms with Crippen LogP contribution in [0.4, 0.5) is 4.79 Å². The van der Waals surface area contributed by atoms with E-state index in [0.29, 0.717) is 43.4 Å². The van der Waals surface area contributed by atoms with Gasteiger partial charge in [0.05, 0.1) is 11.6 Å². The van der Waals surface area contributed by atoms with Gasteiger partial charge >= 0.3 is 6.03 Å². The molecule has 0 atom stereocenters. The number of ether oxygens (including phenoxy) is 1. The minimum atomic E-state index is -0.0526. The first-order valence-corrected chi connectivity index (χ1v) is 9.76. The van der Waals surface area contributed by atoms with Crippen molar-refractivity contribution in [1.29, 1.82) is 0 Å². The second kappa shape index (κ2) is 11.0. The van der Waals surface area contributed by atoms with E-state index in [9.17, 15) is 4.79 Å². The molecule has 0 spiro atoms. The standard InChI is InChI=1S/C19H23BrClN3O2/c1-2-24(12-8-15-6-10-22-11-7-15)19(25)23-9-3-13-26-18-5-4-16(20)14-17(18)21/h4-7,10-11,14H,2-3,8-9,12-13H2,1H3,(H,23,25). The largest absolute Gasteiger partial charge is 0.492 e. The summed E-state index contributed by atoms with van der Waals surface area (Å²) in [5, 5.41) is 3.50. The molecule has 0 aliphatic heterocycles. The van der Waals surface area contributed by atoms with E-state index in [4.69, 9.17) is 16.3 Å². The Bertz CT molecular complexity index is 700. The summed E-state index contributed by atoms with van der Waals surface area (Å²) in [7, 11) is 0. The number of halogens is 2. The summed E-state index contributed by atoms with van der Waals surface area (Å²) >= 11 is 9.46. The fraction of sp³-hybridized carbons (Fsp3) is 0.368. The molecule has 1 aromatic carbocycles.